The number of sulfonamides is 1. The number of nitro benzene ring substituents is 1. The van der Waals surface area contributed by atoms with Crippen molar-refractivity contribution >= 4 is 43.6 Å². The molecule has 8 nitrogen and oxygen atoms in total. The van der Waals surface area contributed by atoms with E-state index >= 15 is 0 Å². The van der Waals surface area contributed by atoms with Crippen LogP contribution in [-0.2, 0) is 10.0 Å². The van der Waals surface area contributed by atoms with Crippen molar-refractivity contribution in [2.45, 2.75) is 4.21 Å². The number of aromatic nitrogens is 1. The third-order valence-corrected chi connectivity index (χ3v) is 7.60. The van der Waals surface area contributed by atoms with Gasteiger partial charge in [0.1, 0.15) is 15.5 Å². The molecule has 0 unspecified atom stereocenters. The van der Waals surface area contributed by atoms with Crippen molar-refractivity contribution in [2.24, 2.45) is 0 Å². The lowest BCUT2D eigenvalue weighted by molar-refractivity contribution is -0.383. The standard InChI is InChI=1S/C20H15N3O5S2/c1-22(30(26,27)19-5-3-13-29-19)14-6-8-15(9-7-14)28-18-11-10-17(23(24)25)16-4-2-12-21-20(16)18/h2-13H,1H3. The molecule has 0 radical (unpaired) electrons. The summed E-state index contributed by atoms with van der Waals surface area (Å²) in [6.07, 6.45) is 1.53. The van der Waals surface area contributed by atoms with Gasteiger partial charge in [0.05, 0.1) is 16.0 Å². The van der Waals surface area contributed by atoms with Crippen LogP contribution in [-0.4, -0.2) is 25.4 Å². The van der Waals surface area contributed by atoms with E-state index in [2.05, 4.69) is 4.98 Å². The molecule has 0 saturated carbocycles. The predicted molar refractivity (Wildman–Crippen MR) is 115 cm³/mol. The van der Waals surface area contributed by atoms with Gasteiger partial charge in [-0.3, -0.25) is 19.4 Å². The topological polar surface area (TPSA) is 103 Å². The Morgan fingerprint density at radius 3 is 2.50 bits per heavy atom. The van der Waals surface area contributed by atoms with Gasteiger partial charge in [0.25, 0.3) is 15.7 Å². The summed E-state index contributed by atoms with van der Waals surface area (Å²) in [6, 6.07) is 15.9. The lowest BCUT2D eigenvalue weighted by Crippen LogP contribution is -2.25. The zero-order chi connectivity index (χ0) is 21.3. The van der Waals surface area contributed by atoms with Crippen molar-refractivity contribution in [1.82, 2.24) is 4.98 Å². The summed E-state index contributed by atoms with van der Waals surface area (Å²) < 4.78 is 32.6. The molecule has 30 heavy (non-hydrogen) atoms. The fourth-order valence-electron chi connectivity index (χ4n) is 2.91. The van der Waals surface area contributed by atoms with Gasteiger partial charge in [-0.25, -0.2) is 8.42 Å². The highest BCUT2D eigenvalue weighted by Gasteiger charge is 2.22. The van der Waals surface area contributed by atoms with Crippen molar-refractivity contribution < 1.29 is 18.1 Å². The quantitative estimate of drug-likeness (QED) is 0.314. The number of hydrogen-bond acceptors (Lipinski definition) is 7. The smallest absolute Gasteiger partial charge is 0.279 e. The molecule has 2 aromatic carbocycles. The van der Waals surface area contributed by atoms with Crippen molar-refractivity contribution in [3.63, 3.8) is 0 Å². The second kappa shape index (κ2) is 7.73. The number of fused-ring (bicyclic) bond motifs is 1. The Labute approximate surface area is 176 Å². The maximum Gasteiger partial charge on any atom is 0.279 e. The Kier molecular flexibility index (Phi) is 5.10. The van der Waals surface area contributed by atoms with Gasteiger partial charge in [-0.1, -0.05) is 6.07 Å². The average molecular weight is 441 g/mol. The third kappa shape index (κ3) is 3.58. The monoisotopic (exact) mass is 441 g/mol. The molecule has 0 atom stereocenters. The molecule has 0 aliphatic heterocycles. The van der Waals surface area contributed by atoms with Gasteiger partial charge in [0, 0.05) is 19.3 Å². The van der Waals surface area contributed by atoms with E-state index in [0.29, 0.717) is 28.1 Å². The highest BCUT2D eigenvalue weighted by molar-refractivity contribution is 7.94. The van der Waals surface area contributed by atoms with Crippen LogP contribution in [0, 0.1) is 10.1 Å². The van der Waals surface area contributed by atoms with Crippen molar-refractivity contribution in [1.29, 1.82) is 0 Å². The molecule has 2 aromatic heterocycles. The van der Waals surface area contributed by atoms with Gasteiger partial charge >= 0.3 is 0 Å². The average Bonchev–Trinajstić information content (AvgIpc) is 3.30. The normalized spacial score (nSPS) is 11.4. The summed E-state index contributed by atoms with van der Waals surface area (Å²) in [6.45, 7) is 0. The zero-order valence-corrected chi connectivity index (χ0v) is 17.3. The van der Waals surface area contributed by atoms with Crippen LogP contribution in [0.2, 0.25) is 0 Å². The van der Waals surface area contributed by atoms with E-state index in [-0.39, 0.29) is 9.90 Å². The molecule has 4 aromatic rings. The number of non-ortho nitro benzene ring substituents is 1. The zero-order valence-electron chi connectivity index (χ0n) is 15.6. The molecular formula is C20H15N3O5S2. The second-order valence-corrected chi connectivity index (χ2v) is 9.38. The Balaban J connectivity index is 1.62. The van der Waals surface area contributed by atoms with E-state index in [1.807, 2.05) is 0 Å². The predicted octanol–water partition coefficient (Wildman–Crippen LogP) is 4.82. The number of ether oxygens (including phenoxy) is 1. The molecule has 0 N–H and O–H groups in total. The van der Waals surface area contributed by atoms with Crippen LogP contribution in [0.4, 0.5) is 11.4 Å². The molecular weight excluding hydrogens is 426 g/mol. The fraction of sp³-hybridized carbons (Fsp3) is 0.0500. The minimum atomic E-state index is -3.62. The summed E-state index contributed by atoms with van der Waals surface area (Å²) in [5, 5.41) is 13.3. The van der Waals surface area contributed by atoms with E-state index in [1.54, 1.807) is 53.9 Å². The minimum Gasteiger partial charge on any atom is -0.455 e. The van der Waals surface area contributed by atoms with Gasteiger partial charge in [-0.15, -0.1) is 11.3 Å². The van der Waals surface area contributed by atoms with Crippen LogP contribution in [0.25, 0.3) is 10.9 Å². The Hall–Kier alpha value is -3.50. The summed E-state index contributed by atoms with van der Waals surface area (Å²) >= 11 is 1.15. The fourth-order valence-corrected chi connectivity index (χ4v) is 5.26. The van der Waals surface area contributed by atoms with Crippen molar-refractivity contribution in [3.05, 3.63) is 82.4 Å². The number of nitro groups is 1. The first-order chi connectivity index (χ1) is 14.4. The maximum absolute atomic E-state index is 12.6. The van der Waals surface area contributed by atoms with Crippen molar-refractivity contribution in [2.75, 3.05) is 11.4 Å². The van der Waals surface area contributed by atoms with Gasteiger partial charge in [0.15, 0.2) is 5.75 Å². The number of rotatable bonds is 6. The molecule has 0 bridgehead atoms. The number of hydrogen-bond donors (Lipinski definition) is 0. The molecule has 2 heterocycles. The molecule has 0 spiro atoms. The van der Waals surface area contributed by atoms with Crippen molar-refractivity contribution in [3.8, 4) is 11.5 Å². The summed E-state index contributed by atoms with van der Waals surface area (Å²) in [7, 11) is -2.14. The Morgan fingerprint density at radius 2 is 1.83 bits per heavy atom. The Bertz CT molecular complexity index is 1320. The molecule has 0 fully saturated rings. The lowest BCUT2D eigenvalue weighted by Gasteiger charge is -2.18. The number of benzene rings is 2. The molecule has 0 aliphatic carbocycles. The lowest BCUT2D eigenvalue weighted by atomic mass is 10.1. The summed E-state index contributed by atoms with van der Waals surface area (Å²) in [4.78, 5) is 15.0. The van der Waals surface area contributed by atoms with E-state index in [0.717, 1.165) is 11.3 Å². The maximum atomic E-state index is 12.6. The van der Waals surface area contributed by atoms with Crippen LogP contribution in [0.15, 0.2) is 76.4 Å². The summed E-state index contributed by atoms with van der Waals surface area (Å²) in [5.41, 5.74) is 0.789. The Morgan fingerprint density at radius 1 is 1.07 bits per heavy atom. The molecule has 152 valence electrons. The third-order valence-electron chi connectivity index (χ3n) is 4.44. The molecule has 4 rings (SSSR count). The first-order valence-corrected chi connectivity index (χ1v) is 11.0. The van der Waals surface area contributed by atoms with E-state index in [4.69, 9.17) is 4.74 Å². The first kappa shape index (κ1) is 19.8. The number of nitrogens with zero attached hydrogens (tertiary/aromatic N) is 3. The second-order valence-electron chi connectivity index (χ2n) is 6.24. The van der Waals surface area contributed by atoms with Crippen LogP contribution in [0.3, 0.4) is 0 Å². The number of anilines is 1. The highest BCUT2D eigenvalue weighted by atomic mass is 32.2. The SMILES string of the molecule is CN(c1ccc(Oc2ccc([N+](=O)[O-])c3cccnc23)cc1)S(=O)(=O)c1cccs1. The summed E-state index contributed by atoms with van der Waals surface area (Å²) in [5.74, 6) is 0.810. The van der Waals surface area contributed by atoms with E-state index in [1.165, 1.54) is 29.7 Å². The molecule has 10 heteroatoms. The largest absolute Gasteiger partial charge is 0.455 e. The van der Waals surface area contributed by atoms with Crippen LogP contribution < -0.4 is 9.04 Å². The highest BCUT2D eigenvalue weighted by Crippen LogP contribution is 2.34. The van der Waals surface area contributed by atoms with E-state index < -0.39 is 14.9 Å². The van der Waals surface area contributed by atoms with Gasteiger partial charge in [-0.05, 0) is 53.9 Å². The van der Waals surface area contributed by atoms with Crippen LogP contribution >= 0.6 is 11.3 Å². The molecule has 0 saturated heterocycles. The number of thiophene rings is 1. The molecule has 0 amide bonds. The van der Waals surface area contributed by atoms with Gasteiger partial charge < -0.3 is 4.74 Å². The molecule has 0 aliphatic rings. The minimum absolute atomic E-state index is 0.0544. The van der Waals surface area contributed by atoms with Crippen LogP contribution in [0.1, 0.15) is 0 Å². The van der Waals surface area contributed by atoms with Crippen LogP contribution in [0.5, 0.6) is 11.5 Å². The van der Waals surface area contributed by atoms with Gasteiger partial charge in [-0.2, -0.15) is 0 Å². The first-order valence-electron chi connectivity index (χ1n) is 8.70. The number of pyridine rings is 1. The van der Waals surface area contributed by atoms with E-state index in [9.17, 15) is 18.5 Å². The van der Waals surface area contributed by atoms with Gasteiger partial charge in [0.2, 0.25) is 0 Å².